The van der Waals surface area contributed by atoms with E-state index in [0.29, 0.717) is 5.95 Å². The molecule has 15 heavy (non-hydrogen) atoms. The van der Waals surface area contributed by atoms with E-state index in [0.717, 1.165) is 30.7 Å². The Kier molecular flexibility index (Phi) is 2.86. The number of aryl methyl sites for hydroxylation is 2. The van der Waals surface area contributed by atoms with Crippen LogP contribution in [0.4, 0.5) is 5.95 Å². The van der Waals surface area contributed by atoms with Crippen LogP contribution >= 0.6 is 0 Å². The standard InChI is InChI=1S/C11H17N3O/c1-7-6-8(2)13-11(12-7)14-9-4-3-5-10(9)15/h6,9-10,15H,3-5H2,1-2H3,(H,12,13,14). The van der Waals surface area contributed by atoms with Crippen LogP contribution in [0.15, 0.2) is 6.07 Å². The van der Waals surface area contributed by atoms with Gasteiger partial charge in [-0.3, -0.25) is 0 Å². The summed E-state index contributed by atoms with van der Waals surface area (Å²) in [4.78, 5) is 8.60. The third-order valence-corrected chi connectivity index (χ3v) is 2.78. The van der Waals surface area contributed by atoms with Crippen molar-refractivity contribution in [1.82, 2.24) is 9.97 Å². The van der Waals surface area contributed by atoms with Gasteiger partial charge >= 0.3 is 0 Å². The first-order chi connectivity index (χ1) is 7.15. The minimum atomic E-state index is -0.255. The summed E-state index contributed by atoms with van der Waals surface area (Å²) in [6.07, 6.45) is 2.69. The Balaban J connectivity index is 2.10. The first-order valence-electron chi connectivity index (χ1n) is 5.42. The second-order valence-electron chi connectivity index (χ2n) is 4.22. The van der Waals surface area contributed by atoms with Crippen molar-refractivity contribution in [3.05, 3.63) is 17.5 Å². The van der Waals surface area contributed by atoms with Crippen LogP contribution in [0.1, 0.15) is 30.7 Å². The van der Waals surface area contributed by atoms with Crippen molar-refractivity contribution < 1.29 is 5.11 Å². The molecule has 82 valence electrons. The molecule has 1 aromatic rings. The number of hydrogen-bond donors (Lipinski definition) is 2. The molecule has 0 spiro atoms. The number of nitrogens with one attached hydrogen (secondary N) is 1. The van der Waals surface area contributed by atoms with Crippen LogP contribution in [0.2, 0.25) is 0 Å². The number of nitrogens with zero attached hydrogens (tertiary/aromatic N) is 2. The van der Waals surface area contributed by atoms with E-state index in [1.807, 2.05) is 19.9 Å². The molecule has 0 amide bonds. The molecule has 1 saturated carbocycles. The fourth-order valence-electron chi connectivity index (χ4n) is 2.07. The summed E-state index contributed by atoms with van der Waals surface area (Å²) in [6, 6.07) is 2.06. The smallest absolute Gasteiger partial charge is 0.223 e. The molecule has 2 unspecified atom stereocenters. The molecule has 2 atom stereocenters. The zero-order chi connectivity index (χ0) is 10.8. The number of aliphatic hydroxyl groups excluding tert-OH is 1. The molecule has 2 rings (SSSR count). The van der Waals surface area contributed by atoms with E-state index in [1.54, 1.807) is 0 Å². The third-order valence-electron chi connectivity index (χ3n) is 2.78. The van der Waals surface area contributed by atoms with E-state index in [1.165, 1.54) is 0 Å². The van der Waals surface area contributed by atoms with Crippen LogP contribution in [-0.2, 0) is 0 Å². The molecule has 0 bridgehead atoms. The minimum absolute atomic E-state index is 0.117. The van der Waals surface area contributed by atoms with Gasteiger partial charge in [0.05, 0.1) is 12.1 Å². The Labute approximate surface area is 89.8 Å². The van der Waals surface area contributed by atoms with E-state index in [-0.39, 0.29) is 12.1 Å². The maximum atomic E-state index is 9.67. The Morgan fingerprint density at radius 2 is 1.93 bits per heavy atom. The van der Waals surface area contributed by atoms with E-state index < -0.39 is 0 Å². The summed E-state index contributed by atoms with van der Waals surface area (Å²) in [5.41, 5.74) is 1.91. The normalized spacial score (nSPS) is 25.5. The second kappa shape index (κ2) is 4.14. The van der Waals surface area contributed by atoms with Crippen molar-refractivity contribution in [2.75, 3.05) is 5.32 Å². The molecule has 1 heterocycles. The van der Waals surface area contributed by atoms with Gasteiger partial charge in [-0.15, -0.1) is 0 Å². The molecule has 1 aliphatic rings. The van der Waals surface area contributed by atoms with Crippen LogP contribution in [0.5, 0.6) is 0 Å². The van der Waals surface area contributed by atoms with Crippen LogP contribution in [0.25, 0.3) is 0 Å². The monoisotopic (exact) mass is 207 g/mol. The number of aliphatic hydroxyl groups is 1. The van der Waals surface area contributed by atoms with Crippen molar-refractivity contribution >= 4 is 5.95 Å². The average molecular weight is 207 g/mol. The van der Waals surface area contributed by atoms with Crippen molar-refractivity contribution in [2.24, 2.45) is 0 Å². The molecule has 4 heteroatoms. The number of aromatic nitrogens is 2. The summed E-state index contributed by atoms with van der Waals surface area (Å²) < 4.78 is 0. The fourth-order valence-corrected chi connectivity index (χ4v) is 2.07. The van der Waals surface area contributed by atoms with E-state index in [4.69, 9.17) is 0 Å². The first kappa shape index (κ1) is 10.4. The Morgan fingerprint density at radius 1 is 1.27 bits per heavy atom. The van der Waals surface area contributed by atoms with Gasteiger partial charge in [-0.05, 0) is 39.2 Å². The molecule has 0 saturated heterocycles. The highest BCUT2D eigenvalue weighted by atomic mass is 16.3. The number of anilines is 1. The quantitative estimate of drug-likeness (QED) is 0.770. The minimum Gasteiger partial charge on any atom is -0.391 e. The lowest BCUT2D eigenvalue weighted by Crippen LogP contribution is -2.29. The van der Waals surface area contributed by atoms with Gasteiger partial charge < -0.3 is 10.4 Å². The number of rotatable bonds is 2. The van der Waals surface area contributed by atoms with Crippen LogP contribution < -0.4 is 5.32 Å². The molecule has 2 N–H and O–H groups in total. The van der Waals surface area contributed by atoms with Gasteiger partial charge in [0.2, 0.25) is 5.95 Å². The van der Waals surface area contributed by atoms with Gasteiger partial charge in [0.25, 0.3) is 0 Å². The van der Waals surface area contributed by atoms with Crippen molar-refractivity contribution in [3.8, 4) is 0 Å². The third kappa shape index (κ3) is 2.45. The van der Waals surface area contributed by atoms with E-state index >= 15 is 0 Å². The molecule has 1 fully saturated rings. The van der Waals surface area contributed by atoms with Crippen molar-refractivity contribution in [2.45, 2.75) is 45.3 Å². The van der Waals surface area contributed by atoms with Gasteiger partial charge in [0.1, 0.15) is 0 Å². The van der Waals surface area contributed by atoms with Crippen LogP contribution in [0, 0.1) is 13.8 Å². The van der Waals surface area contributed by atoms with Gasteiger partial charge in [-0.25, -0.2) is 9.97 Å². The highest BCUT2D eigenvalue weighted by Gasteiger charge is 2.25. The Hall–Kier alpha value is -1.16. The lowest BCUT2D eigenvalue weighted by Gasteiger charge is -2.16. The molecule has 4 nitrogen and oxygen atoms in total. The van der Waals surface area contributed by atoms with Gasteiger partial charge in [-0.2, -0.15) is 0 Å². The first-order valence-corrected chi connectivity index (χ1v) is 5.42. The maximum Gasteiger partial charge on any atom is 0.223 e. The lowest BCUT2D eigenvalue weighted by molar-refractivity contribution is 0.171. The Morgan fingerprint density at radius 3 is 2.47 bits per heavy atom. The highest BCUT2D eigenvalue weighted by Crippen LogP contribution is 2.21. The predicted molar refractivity (Wildman–Crippen MR) is 58.8 cm³/mol. The fraction of sp³-hybridized carbons (Fsp3) is 0.636. The Bertz CT molecular complexity index is 333. The van der Waals surface area contributed by atoms with Crippen molar-refractivity contribution in [3.63, 3.8) is 0 Å². The number of hydrogen-bond acceptors (Lipinski definition) is 4. The molecular weight excluding hydrogens is 190 g/mol. The highest BCUT2D eigenvalue weighted by molar-refractivity contribution is 5.29. The van der Waals surface area contributed by atoms with Crippen LogP contribution in [-0.4, -0.2) is 27.2 Å². The SMILES string of the molecule is Cc1cc(C)nc(NC2CCCC2O)n1. The van der Waals surface area contributed by atoms with Crippen molar-refractivity contribution in [1.29, 1.82) is 0 Å². The van der Waals surface area contributed by atoms with E-state index in [2.05, 4.69) is 15.3 Å². The maximum absolute atomic E-state index is 9.67. The van der Waals surface area contributed by atoms with Gasteiger partial charge in [0.15, 0.2) is 0 Å². The summed E-state index contributed by atoms with van der Waals surface area (Å²) in [6.45, 7) is 3.90. The van der Waals surface area contributed by atoms with E-state index in [9.17, 15) is 5.11 Å². The second-order valence-corrected chi connectivity index (χ2v) is 4.22. The van der Waals surface area contributed by atoms with Gasteiger partial charge in [-0.1, -0.05) is 0 Å². The van der Waals surface area contributed by atoms with Crippen LogP contribution in [0.3, 0.4) is 0 Å². The predicted octanol–water partition coefficient (Wildman–Crippen LogP) is 1.42. The lowest BCUT2D eigenvalue weighted by atomic mass is 10.2. The summed E-state index contributed by atoms with van der Waals surface area (Å²) in [7, 11) is 0. The molecule has 1 aliphatic carbocycles. The zero-order valence-electron chi connectivity index (χ0n) is 9.20. The zero-order valence-corrected chi connectivity index (χ0v) is 9.20. The largest absolute Gasteiger partial charge is 0.391 e. The summed E-state index contributed by atoms with van der Waals surface area (Å²) in [5, 5.41) is 12.9. The average Bonchev–Trinajstić information content (AvgIpc) is 2.50. The molecule has 1 aromatic heterocycles. The van der Waals surface area contributed by atoms with Gasteiger partial charge in [0, 0.05) is 11.4 Å². The summed E-state index contributed by atoms with van der Waals surface area (Å²) in [5.74, 6) is 0.637. The molecule has 0 aliphatic heterocycles. The topological polar surface area (TPSA) is 58.0 Å². The molecule has 0 radical (unpaired) electrons. The molecular formula is C11H17N3O. The molecule has 0 aromatic carbocycles. The summed E-state index contributed by atoms with van der Waals surface area (Å²) >= 11 is 0.